The van der Waals surface area contributed by atoms with Crippen molar-refractivity contribution in [3.8, 4) is 62.7 Å². The predicted molar refractivity (Wildman–Crippen MR) is 201 cm³/mol. The Bertz CT molecular complexity index is 2690. The van der Waals surface area contributed by atoms with Gasteiger partial charge >= 0.3 is 0 Å². The third-order valence-electron chi connectivity index (χ3n) is 10.2. The second kappa shape index (κ2) is 11.6. The van der Waals surface area contributed by atoms with E-state index in [2.05, 4.69) is 103 Å². The minimum atomic E-state index is 0.170. The molecule has 0 heterocycles. The topological polar surface area (TPSA) is 71.4 Å². The largest absolute Gasteiger partial charge is 0.192 e. The summed E-state index contributed by atoms with van der Waals surface area (Å²) >= 11 is 0. The molecule has 6 aromatic rings. The first kappa shape index (κ1) is 29.2. The second-order valence-corrected chi connectivity index (χ2v) is 13.0. The first-order valence-electron chi connectivity index (χ1n) is 16.7. The van der Waals surface area contributed by atoms with Gasteiger partial charge in [0.05, 0.1) is 34.9 Å². The van der Waals surface area contributed by atoms with Crippen LogP contribution in [0.2, 0.25) is 0 Å². The van der Waals surface area contributed by atoms with E-state index in [4.69, 9.17) is 0 Å². The van der Waals surface area contributed by atoms with Crippen molar-refractivity contribution in [3.05, 3.63) is 179 Å². The van der Waals surface area contributed by atoms with Crippen LogP contribution >= 0.6 is 0 Å². The molecule has 0 saturated heterocycles. The lowest BCUT2D eigenvalue weighted by molar-refractivity contribution is 0.797. The zero-order valence-electron chi connectivity index (χ0n) is 27.0. The van der Waals surface area contributed by atoms with Crippen molar-refractivity contribution in [1.82, 2.24) is 0 Å². The summed E-state index contributed by atoms with van der Waals surface area (Å²) in [7, 11) is 0. The van der Waals surface area contributed by atoms with Gasteiger partial charge in [0.25, 0.3) is 0 Å². The van der Waals surface area contributed by atoms with Crippen LogP contribution in [-0.4, -0.2) is 0 Å². The van der Waals surface area contributed by atoms with Crippen LogP contribution < -0.4 is 0 Å². The van der Waals surface area contributed by atoms with Crippen molar-refractivity contribution < 1.29 is 0 Å². The van der Waals surface area contributed by atoms with Gasteiger partial charge in [0.1, 0.15) is 0 Å². The fourth-order valence-corrected chi connectivity index (χ4v) is 8.03. The van der Waals surface area contributed by atoms with Crippen molar-refractivity contribution in [2.24, 2.45) is 5.92 Å². The highest BCUT2D eigenvalue weighted by atomic mass is 14.4. The summed E-state index contributed by atoms with van der Waals surface area (Å²) in [5, 5.41) is 31.9. The average Bonchev–Trinajstić information content (AvgIpc) is 3.52. The molecule has 3 heteroatoms. The van der Waals surface area contributed by atoms with Gasteiger partial charge in [-0.2, -0.15) is 15.8 Å². The molecule has 0 fully saturated rings. The Balaban J connectivity index is 1.44. The van der Waals surface area contributed by atoms with E-state index in [1.165, 1.54) is 33.0 Å². The molecule has 230 valence electrons. The Morgan fingerprint density at radius 1 is 0.520 bits per heavy atom. The molecular formula is C47H27N3. The minimum Gasteiger partial charge on any atom is -0.192 e. The zero-order chi connectivity index (χ0) is 33.8. The van der Waals surface area contributed by atoms with Gasteiger partial charge in [-0.25, -0.2) is 0 Å². The van der Waals surface area contributed by atoms with Crippen LogP contribution in [0.5, 0.6) is 0 Å². The summed E-state index contributed by atoms with van der Waals surface area (Å²) < 4.78 is 0. The van der Waals surface area contributed by atoms with Crippen molar-refractivity contribution >= 4 is 21.9 Å². The van der Waals surface area contributed by atoms with E-state index in [0.717, 1.165) is 56.5 Å². The number of hydrogen-bond donors (Lipinski definition) is 0. The highest BCUT2D eigenvalue weighted by Gasteiger charge is 2.32. The van der Waals surface area contributed by atoms with Crippen molar-refractivity contribution in [1.29, 1.82) is 15.8 Å². The van der Waals surface area contributed by atoms with Crippen LogP contribution in [0.4, 0.5) is 0 Å². The molecule has 0 bridgehead atoms. The van der Waals surface area contributed by atoms with Gasteiger partial charge in [-0.15, -0.1) is 0 Å². The molecule has 0 aliphatic heterocycles. The molecule has 6 aromatic carbocycles. The molecule has 0 aromatic heterocycles. The molecule has 1 atom stereocenters. The van der Waals surface area contributed by atoms with Gasteiger partial charge in [-0.1, -0.05) is 103 Å². The SMILES string of the molecule is N#Cc1ccc(C2=CC(c3cc(-c4cccc(C#N)c4)c4c(c3-c3cccc(C#N)c3)-c3cccc5cccc-4c35)=C3C=CC=CC3C2)cc1. The van der Waals surface area contributed by atoms with E-state index in [1.807, 2.05) is 60.7 Å². The van der Waals surface area contributed by atoms with Gasteiger partial charge in [-0.3, -0.25) is 0 Å². The molecule has 0 spiro atoms. The highest BCUT2D eigenvalue weighted by molar-refractivity contribution is 6.22. The number of nitriles is 3. The molecule has 50 heavy (non-hydrogen) atoms. The molecule has 3 aliphatic carbocycles. The van der Waals surface area contributed by atoms with E-state index < -0.39 is 0 Å². The van der Waals surface area contributed by atoms with Crippen LogP contribution in [0, 0.1) is 39.9 Å². The molecule has 9 rings (SSSR count). The number of fused-ring (bicyclic) bond motifs is 4. The molecule has 0 N–H and O–H groups in total. The zero-order valence-corrected chi connectivity index (χ0v) is 27.0. The lowest BCUT2D eigenvalue weighted by Crippen LogP contribution is -2.11. The quantitative estimate of drug-likeness (QED) is 0.194. The Morgan fingerprint density at radius 3 is 1.90 bits per heavy atom. The molecule has 0 amide bonds. The summed E-state index contributed by atoms with van der Waals surface area (Å²) in [6, 6.07) is 46.0. The smallest absolute Gasteiger partial charge is 0.0991 e. The lowest BCUT2D eigenvalue weighted by Gasteiger charge is -2.29. The Hall–Kier alpha value is -6.99. The first-order chi connectivity index (χ1) is 24.6. The van der Waals surface area contributed by atoms with E-state index in [-0.39, 0.29) is 5.92 Å². The third kappa shape index (κ3) is 4.56. The van der Waals surface area contributed by atoms with Gasteiger partial charge in [-0.05, 0) is 132 Å². The van der Waals surface area contributed by atoms with Crippen LogP contribution in [0.1, 0.15) is 34.2 Å². The normalized spacial score (nSPS) is 15.1. The number of allylic oxidation sites excluding steroid dienone is 8. The Morgan fingerprint density at radius 2 is 1.18 bits per heavy atom. The van der Waals surface area contributed by atoms with Crippen molar-refractivity contribution in [3.63, 3.8) is 0 Å². The standard InChI is InChI=1S/C47H27N3/c48-26-29-17-19-32(20-18-29)37-23-35-9-1-2-14-38(35)42(24-37)43-25-41(34-12-3-7-30(21-34)27-49)46-39-15-5-10-33-11-6-16-40(44(33)39)47(46)45(43)36-13-4-8-31(22-36)28-50/h1-22,24-25,35H,23H2. The van der Waals surface area contributed by atoms with E-state index in [0.29, 0.717) is 16.7 Å². The fourth-order valence-electron chi connectivity index (χ4n) is 8.03. The minimum absolute atomic E-state index is 0.170. The summed E-state index contributed by atoms with van der Waals surface area (Å²) in [4.78, 5) is 0. The number of benzene rings is 6. The van der Waals surface area contributed by atoms with Crippen molar-refractivity contribution in [2.75, 3.05) is 0 Å². The number of nitrogens with zero attached hydrogens (tertiary/aromatic N) is 3. The molecule has 1 unspecified atom stereocenters. The summed E-state index contributed by atoms with van der Waals surface area (Å²) in [5.41, 5.74) is 16.3. The van der Waals surface area contributed by atoms with Crippen LogP contribution in [0.25, 0.3) is 66.4 Å². The van der Waals surface area contributed by atoms with E-state index >= 15 is 0 Å². The third-order valence-corrected chi connectivity index (χ3v) is 10.2. The molecular weight excluding hydrogens is 607 g/mol. The van der Waals surface area contributed by atoms with E-state index in [1.54, 1.807) is 0 Å². The predicted octanol–water partition coefficient (Wildman–Crippen LogP) is 11.4. The van der Waals surface area contributed by atoms with Crippen LogP contribution in [-0.2, 0) is 0 Å². The highest BCUT2D eigenvalue weighted by Crippen LogP contribution is 2.57. The van der Waals surface area contributed by atoms with Gasteiger partial charge in [0, 0.05) is 5.92 Å². The van der Waals surface area contributed by atoms with Gasteiger partial charge in [0.15, 0.2) is 0 Å². The van der Waals surface area contributed by atoms with Gasteiger partial charge < -0.3 is 0 Å². The molecule has 3 aliphatic rings. The van der Waals surface area contributed by atoms with Crippen molar-refractivity contribution in [2.45, 2.75) is 6.42 Å². The Kier molecular flexibility index (Phi) is 6.77. The second-order valence-electron chi connectivity index (χ2n) is 13.0. The molecule has 0 radical (unpaired) electrons. The molecule has 3 nitrogen and oxygen atoms in total. The maximum atomic E-state index is 10.0. The van der Waals surface area contributed by atoms with E-state index in [9.17, 15) is 15.8 Å². The Labute approximate surface area is 290 Å². The maximum Gasteiger partial charge on any atom is 0.0991 e. The maximum absolute atomic E-state index is 10.0. The summed E-state index contributed by atoms with van der Waals surface area (Å²) in [6.07, 6.45) is 11.9. The monoisotopic (exact) mass is 633 g/mol. The summed E-state index contributed by atoms with van der Waals surface area (Å²) in [5.74, 6) is 0.170. The fraction of sp³-hybridized carbons (Fsp3) is 0.0426. The van der Waals surface area contributed by atoms with Gasteiger partial charge in [0.2, 0.25) is 0 Å². The number of hydrogen-bond acceptors (Lipinski definition) is 3. The average molecular weight is 634 g/mol. The first-order valence-corrected chi connectivity index (χ1v) is 16.7. The van der Waals surface area contributed by atoms with Crippen LogP contribution in [0.3, 0.4) is 0 Å². The lowest BCUT2D eigenvalue weighted by atomic mass is 9.74. The number of rotatable bonds is 4. The molecule has 0 saturated carbocycles. The van der Waals surface area contributed by atoms with Crippen LogP contribution in [0.15, 0.2) is 151 Å². The summed E-state index contributed by atoms with van der Waals surface area (Å²) in [6.45, 7) is 0.